The number of piperidine rings is 1. The number of nitrogens with two attached hydrogens (primary N) is 1. The van der Waals surface area contributed by atoms with Gasteiger partial charge in [0.05, 0.1) is 11.8 Å². The molecule has 3 rings (SSSR count). The predicted molar refractivity (Wildman–Crippen MR) is 79.6 cm³/mol. The van der Waals surface area contributed by atoms with Crippen molar-refractivity contribution < 1.29 is 13.5 Å². The Labute approximate surface area is 126 Å². The number of rotatable bonds is 2. The second kappa shape index (κ2) is 4.98. The second-order valence-corrected chi connectivity index (χ2v) is 8.25. The van der Waals surface area contributed by atoms with E-state index in [1.165, 1.54) is 0 Å². The van der Waals surface area contributed by atoms with E-state index < -0.39 is 10.0 Å². The molecule has 0 saturated carbocycles. The van der Waals surface area contributed by atoms with Crippen molar-refractivity contribution in [1.29, 1.82) is 0 Å². The summed E-state index contributed by atoms with van der Waals surface area (Å²) in [6, 6.07) is 4.66. The maximum absolute atomic E-state index is 12.9. The summed E-state index contributed by atoms with van der Waals surface area (Å²) >= 11 is 3.29. The largest absolute Gasteiger partial charge is 0.398 e. The number of hydrogen-bond donors (Lipinski definition) is 2. The molecule has 110 valence electrons. The van der Waals surface area contributed by atoms with Crippen molar-refractivity contribution in [1.82, 2.24) is 4.31 Å². The van der Waals surface area contributed by atoms with Crippen molar-refractivity contribution in [2.24, 2.45) is 0 Å². The van der Waals surface area contributed by atoms with Gasteiger partial charge >= 0.3 is 0 Å². The topological polar surface area (TPSA) is 83.6 Å². The summed E-state index contributed by atoms with van der Waals surface area (Å²) in [5.74, 6) is 0. The van der Waals surface area contributed by atoms with Crippen LogP contribution in [0, 0.1) is 0 Å². The summed E-state index contributed by atoms with van der Waals surface area (Å²) in [5, 5.41) is 9.79. The van der Waals surface area contributed by atoms with Gasteiger partial charge in [-0.15, -0.1) is 0 Å². The van der Waals surface area contributed by atoms with Crippen LogP contribution >= 0.6 is 15.9 Å². The maximum Gasteiger partial charge on any atom is 0.245 e. The Morgan fingerprint density at radius 2 is 1.85 bits per heavy atom. The molecule has 0 radical (unpaired) electrons. The number of sulfonamides is 1. The van der Waals surface area contributed by atoms with Gasteiger partial charge in [0.1, 0.15) is 4.90 Å². The smallest absolute Gasteiger partial charge is 0.245 e. The lowest BCUT2D eigenvalue weighted by atomic mass is 10.0. The average Bonchev–Trinajstić information content (AvgIpc) is 2.66. The molecule has 2 aliphatic rings. The van der Waals surface area contributed by atoms with E-state index in [9.17, 15) is 13.5 Å². The van der Waals surface area contributed by atoms with Crippen LogP contribution in [0.25, 0.3) is 0 Å². The van der Waals surface area contributed by atoms with Gasteiger partial charge in [0.2, 0.25) is 10.0 Å². The van der Waals surface area contributed by atoms with Crippen LogP contribution in [-0.4, -0.2) is 36.0 Å². The summed E-state index contributed by atoms with van der Waals surface area (Å²) < 4.78 is 28.0. The molecule has 5 nitrogen and oxygen atoms in total. The predicted octanol–water partition coefficient (Wildman–Crippen LogP) is 1.71. The molecule has 3 N–H and O–H groups in total. The standard InChI is InChI=1S/C13H17BrN2O3S/c14-8-1-4-12(15)13(5-8)20(18,19)16-9-2-3-10(16)7-11(17)6-9/h1,4-5,9-11,17H,2-3,6-7,15H2. The molecule has 2 heterocycles. The van der Waals surface area contributed by atoms with E-state index in [0.29, 0.717) is 17.3 Å². The Hall–Kier alpha value is -0.630. The first-order chi connectivity index (χ1) is 9.39. The average molecular weight is 361 g/mol. The molecule has 2 saturated heterocycles. The minimum absolute atomic E-state index is 0.105. The Balaban J connectivity index is 2.03. The first-order valence-corrected chi connectivity index (χ1v) is 8.89. The van der Waals surface area contributed by atoms with Crippen LogP contribution < -0.4 is 5.73 Å². The van der Waals surface area contributed by atoms with Crippen molar-refractivity contribution in [2.45, 2.75) is 48.8 Å². The van der Waals surface area contributed by atoms with E-state index in [1.807, 2.05) is 0 Å². The molecule has 7 heteroatoms. The van der Waals surface area contributed by atoms with E-state index in [-0.39, 0.29) is 28.8 Å². The van der Waals surface area contributed by atoms with Gasteiger partial charge in [-0.2, -0.15) is 4.31 Å². The highest BCUT2D eigenvalue weighted by molar-refractivity contribution is 9.10. The van der Waals surface area contributed by atoms with Gasteiger partial charge in [-0.3, -0.25) is 0 Å². The Morgan fingerprint density at radius 3 is 2.45 bits per heavy atom. The van der Waals surface area contributed by atoms with E-state index in [0.717, 1.165) is 12.8 Å². The molecular formula is C13H17BrN2O3S. The van der Waals surface area contributed by atoms with E-state index in [2.05, 4.69) is 15.9 Å². The summed E-state index contributed by atoms with van der Waals surface area (Å²) in [6.45, 7) is 0. The summed E-state index contributed by atoms with van der Waals surface area (Å²) in [4.78, 5) is 0.153. The molecule has 2 fully saturated rings. The van der Waals surface area contributed by atoms with Crippen molar-refractivity contribution >= 4 is 31.6 Å². The van der Waals surface area contributed by atoms with Gasteiger partial charge in [-0.1, -0.05) is 15.9 Å². The van der Waals surface area contributed by atoms with Crippen LogP contribution in [0.2, 0.25) is 0 Å². The summed E-state index contributed by atoms with van der Waals surface area (Å²) in [7, 11) is -3.61. The van der Waals surface area contributed by atoms with Crippen LogP contribution in [0.4, 0.5) is 5.69 Å². The molecule has 0 amide bonds. The number of nitrogen functional groups attached to an aromatic ring is 1. The van der Waals surface area contributed by atoms with E-state index in [1.54, 1.807) is 22.5 Å². The van der Waals surface area contributed by atoms with Gasteiger partial charge in [-0.25, -0.2) is 8.42 Å². The van der Waals surface area contributed by atoms with Crippen molar-refractivity contribution in [3.05, 3.63) is 22.7 Å². The van der Waals surface area contributed by atoms with Crippen LogP contribution in [0.3, 0.4) is 0 Å². The first-order valence-electron chi connectivity index (χ1n) is 6.66. The number of halogens is 1. The van der Waals surface area contributed by atoms with Crippen LogP contribution in [-0.2, 0) is 10.0 Å². The lowest BCUT2D eigenvalue weighted by molar-refractivity contribution is 0.0769. The van der Waals surface area contributed by atoms with Gasteiger partial charge in [0, 0.05) is 16.6 Å². The second-order valence-electron chi connectivity index (χ2n) is 5.53. The molecule has 1 aromatic rings. The molecule has 20 heavy (non-hydrogen) atoms. The molecule has 0 spiro atoms. The molecule has 2 aliphatic heterocycles. The van der Waals surface area contributed by atoms with Crippen LogP contribution in [0.5, 0.6) is 0 Å². The Bertz CT molecular complexity index is 621. The third-order valence-electron chi connectivity index (χ3n) is 4.17. The maximum atomic E-state index is 12.9. The first kappa shape index (κ1) is 14.3. The fraction of sp³-hybridized carbons (Fsp3) is 0.538. The van der Waals surface area contributed by atoms with E-state index >= 15 is 0 Å². The minimum Gasteiger partial charge on any atom is -0.398 e. The van der Waals surface area contributed by atoms with Gasteiger partial charge in [-0.05, 0) is 43.9 Å². The Kier molecular flexibility index (Phi) is 3.56. The fourth-order valence-electron chi connectivity index (χ4n) is 3.34. The number of fused-ring (bicyclic) bond motifs is 2. The molecule has 2 unspecified atom stereocenters. The Morgan fingerprint density at radius 1 is 1.25 bits per heavy atom. The highest BCUT2D eigenvalue weighted by Gasteiger charge is 2.47. The molecular weight excluding hydrogens is 344 g/mol. The zero-order valence-electron chi connectivity index (χ0n) is 10.9. The minimum atomic E-state index is -3.61. The summed E-state index contributed by atoms with van der Waals surface area (Å²) in [5.41, 5.74) is 6.11. The van der Waals surface area contributed by atoms with Gasteiger partial charge < -0.3 is 10.8 Å². The highest BCUT2D eigenvalue weighted by Crippen LogP contribution is 2.41. The van der Waals surface area contributed by atoms with Crippen molar-refractivity contribution in [3.63, 3.8) is 0 Å². The number of hydrogen-bond acceptors (Lipinski definition) is 4. The number of anilines is 1. The lowest BCUT2D eigenvalue weighted by Crippen LogP contribution is -2.47. The molecule has 1 aromatic carbocycles. The molecule has 0 aliphatic carbocycles. The lowest BCUT2D eigenvalue weighted by Gasteiger charge is -2.36. The number of aliphatic hydroxyl groups excluding tert-OH is 1. The highest BCUT2D eigenvalue weighted by atomic mass is 79.9. The molecule has 2 atom stereocenters. The quantitative estimate of drug-likeness (QED) is 0.786. The number of aliphatic hydroxyl groups is 1. The number of nitrogens with zero attached hydrogens (tertiary/aromatic N) is 1. The van der Waals surface area contributed by atoms with Crippen LogP contribution in [0.15, 0.2) is 27.6 Å². The van der Waals surface area contributed by atoms with Crippen molar-refractivity contribution in [3.8, 4) is 0 Å². The number of benzene rings is 1. The van der Waals surface area contributed by atoms with Gasteiger partial charge in [0.15, 0.2) is 0 Å². The van der Waals surface area contributed by atoms with Crippen LogP contribution in [0.1, 0.15) is 25.7 Å². The molecule has 0 aromatic heterocycles. The third kappa shape index (κ3) is 2.26. The third-order valence-corrected chi connectivity index (χ3v) is 6.73. The van der Waals surface area contributed by atoms with Crippen molar-refractivity contribution in [2.75, 3.05) is 5.73 Å². The van der Waals surface area contributed by atoms with Gasteiger partial charge in [0.25, 0.3) is 0 Å². The zero-order valence-corrected chi connectivity index (χ0v) is 13.3. The van der Waals surface area contributed by atoms with E-state index in [4.69, 9.17) is 5.73 Å². The zero-order chi connectivity index (χ0) is 14.5. The fourth-order valence-corrected chi connectivity index (χ4v) is 5.89. The normalized spacial score (nSPS) is 30.6. The summed E-state index contributed by atoms with van der Waals surface area (Å²) in [6.07, 6.45) is 2.27. The monoisotopic (exact) mass is 360 g/mol. The SMILES string of the molecule is Nc1ccc(Br)cc1S(=O)(=O)N1C2CCC1CC(O)C2. The molecule has 2 bridgehead atoms.